The summed E-state index contributed by atoms with van der Waals surface area (Å²) < 4.78 is 0. The molecule has 1 aliphatic rings. The maximum Gasteiger partial charge on any atom is 0.0715 e. The van der Waals surface area contributed by atoms with Crippen LogP contribution in [0.5, 0.6) is 0 Å². The lowest BCUT2D eigenvalue weighted by Gasteiger charge is -2.34. The Morgan fingerprint density at radius 1 is 0.292 bits per heavy atom. The molecule has 65 heavy (non-hydrogen) atoms. The molecule has 0 aliphatic heterocycles. The van der Waals surface area contributed by atoms with Crippen molar-refractivity contribution in [1.29, 1.82) is 0 Å². The van der Waals surface area contributed by atoms with E-state index in [1.165, 1.54) is 49.7 Å². The second kappa shape index (κ2) is 16.0. The van der Waals surface area contributed by atoms with Gasteiger partial charge in [0, 0.05) is 23.5 Å². The monoisotopic (exact) mass is 826 g/mol. The third kappa shape index (κ3) is 6.58. The van der Waals surface area contributed by atoms with Crippen LogP contribution in [0.3, 0.4) is 0 Å². The first kappa shape index (κ1) is 38.2. The number of pyridine rings is 2. The highest BCUT2D eigenvalue weighted by atomic mass is 14.7. The lowest BCUT2D eigenvalue weighted by molar-refractivity contribution is 0.769. The van der Waals surface area contributed by atoms with Crippen LogP contribution >= 0.6 is 0 Å². The van der Waals surface area contributed by atoms with Gasteiger partial charge in [0.15, 0.2) is 0 Å². The quantitative estimate of drug-likeness (QED) is 0.152. The summed E-state index contributed by atoms with van der Waals surface area (Å²) >= 11 is 0. The van der Waals surface area contributed by atoms with Crippen molar-refractivity contribution in [3.05, 3.63) is 277 Å². The van der Waals surface area contributed by atoms with Gasteiger partial charge >= 0.3 is 0 Å². The molecule has 0 spiro atoms. The molecule has 2 aromatic heterocycles. The highest BCUT2D eigenvalue weighted by molar-refractivity contribution is 6.10. The van der Waals surface area contributed by atoms with Gasteiger partial charge in [0.25, 0.3) is 0 Å². The number of aromatic nitrogens is 2. The Hall–Kier alpha value is -8.46. The summed E-state index contributed by atoms with van der Waals surface area (Å²) in [5.74, 6) is 0. The summed E-state index contributed by atoms with van der Waals surface area (Å²) in [5, 5.41) is 2.47. The fraction of sp³-hybridized carbons (Fsp3) is 0.0159. The van der Waals surface area contributed by atoms with Crippen molar-refractivity contribution in [3.8, 4) is 78.1 Å². The van der Waals surface area contributed by atoms with Gasteiger partial charge in [-0.25, -0.2) is 4.98 Å². The van der Waals surface area contributed by atoms with Crippen LogP contribution in [0.25, 0.3) is 88.9 Å². The maximum atomic E-state index is 5.27. The zero-order valence-electron chi connectivity index (χ0n) is 35.6. The van der Waals surface area contributed by atoms with Crippen LogP contribution in [0.4, 0.5) is 0 Å². The van der Waals surface area contributed by atoms with Crippen LogP contribution in [-0.2, 0) is 5.41 Å². The van der Waals surface area contributed by atoms with Crippen LogP contribution in [-0.4, -0.2) is 9.97 Å². The Kier molecular flexibility index (Phi) is 9.43. The molecule has 2 nitrogen and oxygen atoms in total. The largest absolute Gasteiger partial charge is 0.264 e. The van der Waals surface area contributed by atoms with Gasteiger partial charge in [0.2, 0.25) is 0 Å². The molecule has 0 atom stereocenters. The maximum absolute atomic E-state index is 5.27. The van der Waals surface area contributed by atoms with E-state index in [-0.39, 0.29) is 0 Å². The minimum atomic E-state index is -0.546. The van der Waals surface area contributed by atoms with Crippen molar-refractivity contribution in [2.75, 3.05) is 0 Å². The topological polar surface area (TPSA) is 25.8 Å². The molecule has 12 rings (SSSR count). The Bertz CT molecular complexity index is 3400. The number of hydrogen-bond donors (Lipinski definition) is 0. The zero-order valence-corrected chi connectivity index (χ0v) is 35.6. The molecule has 0 N–H and O–H groups in total. The average molecular weight is 827 g/mol. The minimum Gasteiger partial charge on any atom is -0.264 e. The lowest BCUT2D eigenvalue weighted by Crippen LogP contribution is -2.28. The van der Waals surface area contributed by atoms with Crippen molar-refractivity contribution < 1.29 is 0 Å². The Morgan fingerprint density at radius 3 is 1.37 bits per heavy atom. The molecule has 0 saturated heterocycles. The number of fused-ring (bicyclic) bond motifs is 5. The van der Waals surface area contributed by atoms with Crippen LogP contribution in [0.2, 0.25) is 0 Å². The summed E-state index contributed by atoms with van der Waals surface area (Å²) in [6.45, 7) is 0. The molecule has 0 bridgehead atoms. The third-order valence-electron chi connectivity index (χ3n) is 13.2. The van der Waals surface area contributed by atoms with Crippen molar-refractivity contribution in [3.63, 3.8) is 0 Å². The lowest BCUT2D eigenvalue weighted by atomic mass is 9.67. The van der Waals surface area contributed by atoms with Gasteiger partial charge in [-0.05, 0) is 131 Å². The summed E-state index contributed by atoms with van der Waals surface area (Å²) in [4.78, 5) is 9.66. The summed E-state index contributed by atoms with van der Waals surface area (Å²) in [6, 6.07) is 88.5. The Labute approximate surface area is 379 Å². The predicted molar refractivity (Wildman–Crippen MR) is 269 cm³/mol. The predicted octanol–water partition coefficient (Wildman–Crippen LogP) is 16.0. The molecule has 11 aromatic rings. The van der Waals surface area contributed by atoms with Gasteiger partial charge in [0.05, 0.1) is 16.8 Å². The second-order valence-corrected chi connectivity index (χ2v) is 16.9. The standard InChI is InChI=1S/C63H42N2/c1-5-18-45(19-6-1)60-39-50(40-61(65-60)46-20-7-2-8-21-46)49-36-48(44-33-31-43(32-34-44)47-22-17-35-64-42-47)37-51(38-49)57-41-59-62(55-28-14-13-27-54(55)57)56-29-15-16-30-58(56)63(59,52-23-9-3-10-24-52)53-25-11-4-12-26-53/h1-42H. The molecule has 2 heterocycles. The van der Waals surface area contributed by atoms with E-state index in [1.54, 1.807) is 0 Å². The molecule has 0 fully saturated rings. The highest BCUT2D eigenvalue weighted by Crippen LogP contribution is 2.59. The van der Waals surface area contributed by atoms with Crippen molar-refractivity contribution in [1.82, 2.24) is 9.97 Å². The van der Waals surface area contributed by atoms with Gasteiger partial charge in [-0.15, -0.1) is 0 Å². The Morgan fingerprint density at radius 2 is 0.769 bits per heavy atom. The number of benzene rings is 9. The van der Waals surface area contributed by atoms with E-state index >= 15 is 0 Å². The fourth-order valence-corrected chi connectivity index (χ4v) is 10.3. The summed E-state index contributed by atoms with van der Waals surface area (Å²) in [5.41, 5.74) is 20.2. The highest BCUT2D eigenvalue weighted by Gasteiger charge is 2.47. The molecule has 1 aliphatic carbocycles. The van der Waals surface area contributed by atoms with Gasteiger partial charge in [0.1, 0.15) is 0 Å². The van der Waals surface area contributed by atoms with E-state index in [1.807, 2.05) is 18.5 Å². The van der Waals surface area contributed by atoms with Gasteiger partial charge in [-0.1, -0.05) is 200 Å². The SMILES string of the molecule is c1ccc(-c2cc(-c3cc(-c4ccc(-c5cccnc5)cc4)cc(-c4cc5c(c6ccccc46)-c4ccccc4C5(c4ccccc4)c4ccccc4)c3)cc(-c3ccccc3)n2)cc1. The first-order valence-corrected chi connectivity index (χ1v) is 22.3. The van der Waals surface area contributed by atoms with Crippen LogP contribution in [0.15, 0.2) is 255 Å². The van der Waals surface area contributed by atoms with E-state index in [0.717, 1.165) is 61.5 Å². The first-order valence-electron chi connectivity index (χ1n) is 22.3. The van der Waals surface area contributed by atoms with E-state index in [9.17, 15) is 0 Å². The van der Waals surface area contributed by atoms with E-state index in [0.29, 0.717) is 0 Å². The molecular weight excluding hydrogens is 785 g/mol. The molecule has 0 saturated carbocycles. The molecule has 0 amide bonds. The van der Waals surface area contributed by atoms with Gasteiger partial charge in [-0.2, -0.15) is 0 Å². The second-order valence-electron chi connectivity index (χ2n) is 16.9. The van der Waals surface area contributed by atoms with Crippen LogP contribution in [0, 0.1) is 0 Å². The van der Waals surface area contributed by atoms with Crippen molar-refractivity contribution in [2.45, 2.75) is 5.41 Å². The first-order chi connectivity index (χ1) is 32.2. The molecule has 0 unspecified atom stereocenters. The summed E-state index contributed by atoms with van der Waals surface area (Å²) in [6.07, 6.45) is 3.75. The number of hydrogen-bond acceptors (Lipinski definition) is 2. The zero-order chi connectivity index (χ0) is 43.2. The van der Waals surface area contributed by atoms with Gasteiger partial charge < -0.3 is 0 Å². The molecule has 2 heteroatoms. The van der Waals surface area contributed by atoms with Crippen LogP contribution in [0.1, 0.15) is 22.3 Å². The van der Waals surface area contributed by atoms with Crippen LogP contribution < -0.4 is 0 Å². The van der Waals surface area contributed by atoms with Gasteiger partial charge in [-0.3, -0.25) is 4.98 Å². The molecular formula is C63H42N2. The average Bonchev–Trinajstić information content (AvgIpc) is 3.70. The fourth-order valence-electron chi connectivity index (χ4n) is 10.3. The Balaban J connectivity index is 1.15. The minimum absolute atomic E-state index is 0.546. The number of rotatable bonds is 8. The van der Waals surface area contributed by atoms with E-state index < -0.39 is 5.41 Å². The molecule has 304 valence electrons. The summed E-state index contributed by atoms with van der Waals surface area (Å²) in [7, 11) is 0. The van der Waals surface area contributed by atoms with Crippen molar-refractivity contribution in [2.24, 2.45) is 0 Å². The molecule has 0 radical (unpaired) electrons. The normalized spacial score (nSPS) is 12.4. The number of nitrogens with zero attached hydrogens (tertiary/aromatic N) is 2. The van der Waals surface area contributed by atoms with E-state index in [4.69, 9.17) is 4.98 Å². The van der Waals surface area contributed by atoms with Crippen molar-refractivity contribution >= 4 is 10.8 Å². The third-order valence-corrected chi connectivity index (χ3v) is 13.2. The smallest absolute Gasteiger partial charge is 0.0715 e. The van der Waals surface area contributed by atoms with E-state index in [2.05, 4.69) is 242 Å². The molecule has 9 aromatic carbocycles.